The summed E-state index contributed by atoms with van der Waals surface area (Å²) in [6.45, 7) is 2.22. The molecule has 2 rings (SSSR count). The van der Waals surface area contributed by atoms with Crippen LogP contribution in [0.1, 0.15) is 18.4 Å². The van der Waals surface area contributed by atoms with Crippen LogP contribution in [0.5, 0.6) is 0 Å². The largest absolute Gasteiger partial charge is 0.384 e. The summed E-state index contributed by atoms with van der Waals surface area (Å²) in [5.41, 5.74) is 6.33. The zero-order valence-corrected chi connectivity index (χ0v) is 11.1. The van der Waals surface area contributed by atoms with Crippen LogP contribution in [0.3, 0.4) is 0 Å². The van der Waals surface area contributed by atoms with E-state index in [-0.39, 0.29) is 5.84 Å². The molecule has 0 aliphatic carbocycles. The molecule has 1 aromatic rings. The van der Waals surface area contributed by atoms with Gasteiger partial charge in [0.05, 0.1) is 5.56 Å². The zero-order valence-electron chi connectivity index (χ0n) is 11.1. The number of nitrogens with one attached hydrogen (secondary N) is 1. The van der Waals surface area contributed by atoms with Gasteiger partial charge in [-0.2, -0.15) is 0 Å². The Bertz CT molecular complexity index is 423. The minimum atomic E-state index is 0.0814. The number of hydrogen-bond acceptors (Lipinski definition) is 4. The van der Waals surface area contributed by atoms with Crippen molar-refractivity contribution in [2.45, 2.75) is 18.9 Å². The molecule has 0 unspecified atom stereocenters. The molecule has 1 aromatic heterocycles. The first-order chi connectivity index (χ1) is 8.59. The number of anilines is 1. The molecule has 0 bridgehead atoms. The Kier molecular flexibility index (Phi) is 3.81. The third kappa shape index (κ3) is 2.61. The number of aromatic nitrogens is 1. The summed E-state index contributed by atoms with van der Waals surface area (Å²) in [4.78, 5) is 8.90. The summed E-state index contributed by atoms with van der Waals surface area (Å²) in [5, 5.41) is 7.62. The molecule has 0 atom stereocenters. The molecule has 3 N–H and O–H groups in total. The van der Waals surface area contributed by atoms with E-state index in [1.807, 2.05) is 19.2 Å². The Hall–Kier alpha value is -1.62. The van der Waals surface area contributed by atoms with E-state index in [4.69, 9.17) is 11.1 Å². The molecular weight excluding hydrogens is 226 g/mol. The van der Waals surface area contributed by atoms with Crippen molar-refractivity contribution in [2.75, 3.05) is 32.1 Å². The van der Waals surface area contributed by atoms with Crippen LogP contribution in [0.15, 0.2) is 18.3 Å². The van der Waals surface area contributed by atoms with Gasteiger partial charge in [0.1, 0.15) is 11.7 Å². The van der Waals surface area contributed by atoms with Crippen LogP contribution >= 0.6 is 0 Å². The van der Waals surface area contributed by atoms with Crippen molar-refractivity contribution < 1.29 is 0 Å². The number of piperidine rings is 1. The van der Waals surface area contributed by atoms with E-state index in [0.29, 0.717) is 6.04 Å². The number of pyridine rings is 1. The Labute approximate surface area is 108 Å². The number of likely N-dealkylation sites (tertiary alicyclic amines) is 1. The van der Waals surface area contributed by atoms with Crippen LogP contribution in [0.4, 0.5) is 5.82 Å². The predicted octanol–water partition coefficient (Wildman–Crippen LogP) is 0.896. The van der Waals surface area contributed by atoms with Crippen molar-refractivity contribution in [2.24, 2.45) is 5.73 Å². The highest BCUT2D eigenvalue weighted by molar-refractivity contribution is 5.99. The SMILES string of the molecule is CN1CCC(N(C)c2ncccc2C(=N)N)CC1. The van der Waals surface area contributed by atoms with Crippen molar-refractivity contribution in [1.82, 2.24) is 9.88 Å². The monoisotopic (exact) mass is 247 g/mol. The predicted molar refractivity (Wildman–Crippen MR) is 74.2 cm³/mol. The molecule has 5 heteroatoms. The third-order valence-corrected chi connectivity index (χ3v) is 3.65. The number of nitrogens with zero attached hydrogens (tertiary/aromatic N) is 3. The molecule has 5 nitrogen and oxygen atoms in total. The molecular formula is C13H21N5. The smallest absolute Gasteiger partial charge is 0.139 e. The highest BCUT2D eigenvalue weighted by atomic mass is 15.2. The maximum Gasteiger partial charge on any atom is 0.139 e. The van der Waals surface area contributed by atoms with Crippen LogP contribution in [0.2, 0.25) is 0 Å². The standard InChI is InChI=1S/C13H21N5/c1-17-8-5-10(6-9-17)18(2)13-11(12(14)15)4-3-7-16-13/h3-4,7,10H,5-6,8-9H2,1-2H3,(H3,14,15). The number of amidine groups is 1. The van der Waals surface area contributed by atoms with Gasteiger partial charge in [-0.1, -0.05) is 0 Å². The van der Waals surface area contributed by atoms with Crippen LogP contribution in [0, 0.1) is 5.41 Å². The maximum atomic E-state index is 7.62. The van der Waals surface area contributed by atoms with Gasteiger partial charge >= 0.3 is 0 Å². The Balaban J connectivity index is 2.18. The lowest BCUT2D eigenvalue weighted by atomic mass is 10.0. The maximum absolute atomic E-state index is 7.62. The fourth-order valence-corrected chi connectivity index (χ4v) is 2.44. The summed E-state index contributed by atoms with van der Waals surface area (Å²) < 4.78 is 0. The average molecular weight is 247 g/mol. The van der Waals surface area contributed by atoms with Crippen LogP contribution in [-0.4, -0.2) is 48.9 Å². The van der Waals surface area contributed by atoms with E-state index < -0.39 is 0 Å². The average Bonchev–Trinajstić information content (AvgIpc) is 2.39. The Morgan fingerprint density at radius 3 is 2.78 bits per heavy atom. The second-order valence-corrected chi connectivity index (χ2v) is 4.93. The summed E-state index contributed by atoms with van der Waals surface area (Å²) in [6, 6.07) is 4.16. The third-order valence-electron chi connectivity index (χ3n) is 3.65. The molecule has 0 saturated carbocycles. The number of hydrogen-bond donors (Lipinski definition) is 2. The number of nitrogens with two attached hydrogens (primary N) is 1. The van der Waals surface area contributed by atoms with Gasteiger partial charge in [-0.25, -0.2) is 4.98 Å². The van der Waals surface area contributed by atoms with Gasteiger partial charge in [-0.05, 0) is 45.1 Å². The Morgan fingerprint density at radius 1 is 1.50 bits per heavy atom. The van der Waals surface area contributed by atoms with Gasteiger partial charge in [-0.3, -0.25) is 5.41 Å². The topological polar surface area (TPSA) is 69.2 Å². The molecule has 1 saturated heterocycles. The quantitative estimate of drug-likeness (QED) is 0.615. The molecule has 2 heterocycles. The summed E-state index contributed by atoms with van der Waals surface area (Å²) in [7, 11) is 4.20. The molecule has 18 heavy (non-hydrogen) atoms. The summed E-state index contributed by atoms with van der Waals surface area (Å²) in [5.74, 6) is 0.900. The fraction of sp³-hybridized carbons (Fsp3) is 0.538. The summed E-state index contributed by atoms with van der Waals surface area (Å²) >= 11 is 0. The molecule has 0 amide bonds. The number of nitrogen functional groups attached to an aromatic ring is 1. The first-order valence-electron chi connectivity index (χ1n) is 6.30. The van der Waals surface area contributed by atoms with Gasteiger partial charge in [0, 0.05) is 19.3 Å². The summed E-state index contributed by atoms with van der Waals surface area (Å²) in [6.07, 6.45) is 4.01. The minimum absolute atomic E-state index is 0.0814. The Morgan fingerprint density at radius 2 is 2.17 bits per heavy atom. The van der Waals surface area contributed by atoms with Crippen molar-refractivity contribution in [3.63, 3.8) is 0 Å². The second-order valence-electron chi connectivity index (χ2n) is 4.93. The van der Waals surface area contributed by atoms with E-state index in [2.05, 4.69) is 21.8 Å². The van der Waals surface area contributed by atoms with Gasteiger partial charge in [-0.15, -0.1) is 0 Å². The fourth-order valence-electron chi connectivity index (χ4n) is 2.44. The molecule has 0 aromatic carbocycles. The molecule has 1 fully saturated rings. The van der Waals surface area contributed by atoms with Gasteiger partial charge in [0.15, 0.2) is 0 Å². The van der Waals surface area contributed by atoms with E-state index >= 15 is 0 Å². The van der Waals surface area contributed by atoms with Gasteiger partial charge < -0.3 is 15.5 Å². The van der Waals surface area contributed by atoms with Crippen molar-refractivity contribution in [1.29, 1.82) is 5.41 Å². The molecule has 1 aliphatic rings. The molecule has 98 valence electrons. The van der Waals surface area contributed by atoms with Crippen LogP contribution in [-0.2, 0) is 0 Å². The van der Waals surface area contributed by atoms with E-state index in [1.165, 1.54) is 0 Å². The lowest BCUT2D eigenvalue weighted by Crippen LogP contribution is -2.42. The highest BCUT2D eigenvalue weighted by Crippen LogP contribution is 2.22. The molecule has 0 spiro atoms. The van der Waals surface area contributed by atoms with Crippen molar-refractivity contribution in [3.8, 4) is 0 Å². The minimum Gasteiger partial charge on any atom is -0.384 e. The highest BCUT2D eigenvalue weighted by Gasteiger charge is 2.23. The van der Waals surface area contributed by atoms with Crippen molar-refractivity contribution >= 4 is 11.7 Å². The van der Waals surface area contributed by atoms with E-state index in [9.17, 15) is 0 Å². The van der Waals surface area contributed by atoms with E-state index in [0.717, 1.165) is 37.3 Å². The normalized spacial score (nSPS) is 17.7. The molecule has 1 aliphatic heterocycles. The van der Waals surface area contributed by atoms with Gasteiger partial charge in [0.2, 0.25) is 0 Å². The number of rotatable bonds is 3. The van der Waals surface area contributed by atoms with Gasteiger partial charge in [0.25, 0.3) is 0 Å². The second kappa shape index (κ2) is 5.35. The van der Waals surface area contributed by atoms with E-state index in [1.54, 1.807) is 6.20 Å². The lowest BCUT2D eigenvalue weighted by molar-refractivity contribution is 0.252. The van der Waals surface area contributed by atoms with Crippen LogP contribution < -0.4 is 10.6 Å². The zero-order chi connectivity index (χ0) is 13.1. The lowest BCUT2D eigenvalue weighted by Gasteiger charge is -2.36. The van der Waals surface area contributed by atoms with Crippen molar-refractivity contribution in [3.05, 3.63) is 23.9 Å². The molecule has 0 radical (unpaired) electrons. The van der Waals surface area contributed by atoms with Crippen LogP contribution in [0.25, 0.3) is 0 Å². The first kappa shape index (κ1) is 12.8. The first-order valence-corrected chi connectivity index (χ1v) is 6.30.